The fourth-order valence-corrected chi connectivity index (χ4v) is 2.53. The summed E-state index contributed by atoms with van der Waals surface area (Å²) in [6.45, 7) is 0. The van der Waals surface area contributed by atoms with E-state index < -0.39 is 19.3 Å². The molecule has 0 N–H and O–H groups in total. The molecular formula is C8H10ClMgN. The van der Waals surface area contributed by atoms with Crippen molar-refractivity contribution in [1.29, 1.82) is 0 Å². The fourth-order valence-electron chi connectivity index (χ4n) is 1.06. The number of nitrogens with zero attached hydrogens (tertiary/aromatic N) is 1. The SMILES string of the molecule is CN(C)c1cccc[c]1[Mg][Cl]. The number of halogens is 1. The van der Waals surface area contributed by atoms with E-state index in [0.29, 0.717) is 0 Å². The quantitative estimate of drug-likeness (QED) is 0.618. The zero-order valence-electron chi connectivity index (χ0n) is 6.84. The first-order valence-corrected chi connectivity index (χ1v) is 6.41. The van der Waals surface area contributed by atoms with Crippen LogP contribution in [-0.2, 0) is 0 Å². The van der Waals surface area contributed by atoms with Crippen molar-refractivity contribution in [2.75, 3.05) is 19.0 Å². The van der Waals surface area contributed by atoms with Gasteiger partial charge in [-0.2, -0.15) is 0 Å². The maximum atomic E-state index is 5.89. The lowest BCUT2D eigenvalue weighted by atomic mass is 10.3. The lowest BCUT2D eigenvalue weighted by Crippen LogP contribution is -2.21. The minimum Gasteiger partial charge on any atom is -0.379 e. The summed E-state index contributed by atoms with van der Waals surface area (Å²) in [5.74, 6) is 0. The van der Waals surface area contributed by atoms with Crippen LogP contribution in [0.5, 0.6) is 0 Å². The van der Waals surface area contributed by atoms with Crippen molar-refractivity contribution >= 4 is 37.7 Å². The van der Waals surface area contributed by atoms with Crippen LogP contribution in [0.1, 0.15) is 0 Å². The summed E-state index contributed by atoms with van der Waals surface area (Å²) < 4.78 is 1.32. The molecule has 0 aliphatic heterocycles. The first-order valence-electron chi connectivity index (χ1n) is 3.57. The van der Waals surface area contributed by atoms with Crippen LogP contribution < -0.4 is 8.59 Å². The minimum atomic E-state index is -0.550. The number of para-hydroxylation sites is 1. The number of hydrogen-bond donors (Lipinski definition) is 0. The van der Waals surface area contributed by atoms with Gasteiger partial charge in [0.2, 0.25) is 0 Å². The highest BCUT2D eigenvalue weighted by molar-refractivity contribution is 7.01. The molecule has 1 nitrogen and oxygen atoms in total. The number of rotatable bonds is 2. The van der Waals surface area contributed by atoms with Crippen molar-refractivity contribution in [2.24, 2.45) is 0 Å². The van der Waals surface area contributed by atoms with E-state index >= 15 is 0 Å². The van der Waals surface area contributed by atoms with Gasteiger partial charge in [-0.3, -0.25) is 0 Å². The van der Waals surface area contributed by atoms with Gasteiger partial charge in [-0.25, -0.2) is 0 Å². The number of anilines is 1. The second-order valence-electron chi connectivity index (χ2n) is 2.66. The Hall–Kier alpha value is 0.0762. The van der Waals surface area contributed by atoms with E-state index in [4.69, 9.17) is 9.07 Å². The summed E-state index contributed by atoms with van der Waals surface area (Å²) in [6.07, 6.45) is 0. The van der Waals surface area contributed by atoms with Crippen molar-refractivity contribution in [3.8, 4) is 0 Å². The van der Waals surface area contributed by atoms with Gasteiger partial charge >= 0.3 is 19.3 Å². The van der Waals surface area contributed by atoms with E-state index in [9.17, 15) is 0 Å². The van der Waals surface area contributed by atoms with Gasteiger partial charge in [-0.05, 0) is 6.07 Å². The third-order valence-electron chi connectivity index (χ3n) is 1.62. The zero-order valence-corrected chi connectivity index (χ0v) is 9.01. The molecule has 1 rings (SSSR count). The molecule has 0 heterocycles. The van der Waals surface area contributed by atoms with Gasteiger partial charge in [0.15, 0.2) is 0 Å². The van der Waals surface area contributed by atoms with Gasteiger partial charge in [-0.1, -0.05) is 18.2 Å². The van der Waals surface area contributed by atoms with Crippen LogP contribution in [0.4, 0.5) is 5.69 Å². The molecule has 0 aliphatic rings. The van der Waals surface area contributed by atoms with Crippen LogP contribution in [0.25, 0.3) is 0 Å². The van der Waals surface area contributed by atoms with Crippen molar-refractivity contribution in [3.63, 3.8) is 0 Å². The van der Waals surface area contributed by atoms with Crippen LogP contribution in [0.2, 0.25) is 0 Å². The summed E-state index contributed by atoms with van der Waals surface area (Å²) in [4.78, 5) is 2.10. The van der Waals surface area contributed by atoms with Crippen molar-refractivity contribution in [1.82, 2.24) is 0 Å². The Kier molecular flexibility index (Phi) is 3.49. The van der Waals surface area contributed by atoms with E-state index in [0.717, 1.165) is 0 Å². The van der Waals surface area contributed by atoms with Gasteiger partial charge in [-0.15, -0.1) is 3.69 Å². The summed E-state index contributed by atoms with van der Waals surface area (Å²) in [6, 6.07) is 8.29. The van der Waals surface area contributed by atoms with Crippen molar-refractivity contribution in [3.05, 3.63) is 24.3 Å². The summed E-state index contributed by atoms with van der Waals surface area (Å²) in [5.41, 5.74) is 1.26. The Morgan fingerprint density at radius 3 is 2.36 bits per heavy atom. The normalized spacial score (nSPS) is 9.00. The van der Waals surface area contributed by atoms with Crippen molar-refractivity contribution < 1.29 is 0 Å². The molecule has 0 aromatic heterocycles. The second-order valence-corrected chi connectivity index (χ2v) is 4.49. The molecule has 1 aromatic carbocycles. The predicted octanol–water partition coefficient (Wildman–Crippen LogP) is 1.24. The predicted molar refractivity (Wildman–Crippen MR) is 52.0 cm³/mol. The second kappa shape index (κ2) is 4.19. The van der Waals surface area contributed by atoms with E-state index in [1.165, 1.54) is 9.38 Å². The van der Waals surface area contributed by atoms with Crippen LogP contribution in [0, 0.1) is 0 Å². The monoisotopic (exact) mass is 179 g/mol. The molecule has 0 unspecified atom stereocenters. The Bertz CT molecular complexity index is 237. The highest BCUT2D eigenvalue weighted by atomic mass is 35.5. The van der Waals surface area contributed by atoms with E-state index in [1.54, 1.807) is 0 Å². The smallest absolute Gasteiger partial charge is 0.379 e. The first-order chi connectivity index (χ1) is 5.25. The van der Waals surface area contributed by atoms with Gasteiger partial charge < -0.3 is 14.0 Å². The van der Waals surface area contributed by atoms with Crippen LogP contribution >= 0.6 is 9.07 Å². The van der Waals surface area contributed by atoms with E-state index in [-0.39, 0.29) is 0 Å². The molecule has 0 saturated carbocycles. The maximum absolute atomic E-state index is 5.89. The molecule has 1 aromatic rings. The topological polar surface area (TPSA) is 3.24 Å². The number of hydrogen-bond acceptors (Lipinski definition) is 1. The fraction of sp³-hybridized carbons (Fsp3) is 0.250. The molecule has 0 saturated heterocycles. The summed E-state index contributed by atoms with van der Waals surface area (Å²) >= 11 is -0.550. The van der Waals surface area contributed by atoms with Crippen LogP contribution in [0.15, 0.2) is 24.3 Å². The molecule has 0 atom stereocenters. The Morgan fingerprint density at radius 2 is 1.91 bits per heavy atom. The lowest BCUT2D eigenvalue weighted by molar-refractivity contribution is 1.14. The first kappa shape index (κ1) is 9.17. The molecule has 0 radical (unpaired) electrons. The van der Waals surface area contributed by atoms with Gasteiger partial charge in [0.1, 0.15) is 0 Å². The largest absolute Gasteiger partial charge is 0.541 e. The van der Waals surface area contributed by atoms with Crippen molar-refractivity contribution in [2.45, 2.75) is 0 Å². The standard InChI is InChI=1S/C8H10N.ClH.Mg/c1-9(2)8-6-4-3-5-7-8;;/h3-6H,1-2H3;1H;/q;;+1/p-1. The molecule has 0 spiro atoms. The average molecular weight is 180 g/mol. The van der Waals surface area contributed by atoms with Crippen LogP contribution in [-0.4, -0.2) is 33.4 Å². The molecule has 0 amide bonds. The van der Waals surface area contributed by atoms with E-state index in [1.807, 2.05) is 26.2 Å². The Morgan fingerprint density at radius 1 is 1.27 bits per heavy atom. The molecular weight excluding hydrogens is 170 g/mol. The molecule has 11 heavy (non-hydrogen) atoms. The average Bonchev–Trinajstić information content (AvgIpc) is 2.04. The Labute approximate surface area is 80.8 Å². The van der Waals surface area contributed by atoms with Gasteiger partial charge in [0, 0.05) is 19.8 Å². The highest BCUT2D eigenvalue weighted by Gasteiger charge is 2.03. The molecule has 3 heteroatoms. The molecule has 56 valence electrons. The third kappa shape index (κ3) is 2.25. The number of benzene rings is 1. The third-order valence-corrected chi connectivity index (χ3v) is 3.37. The molecule has 0 aliphatic carbocycles. The minimum absolute atomic E-state index is 0.550. The Balaban J connectivity index is 3.02. The molecule has 0 fully saturated rings. The zero-order chi connectivity index (χ0) is 8.27. The van der Waals surface area contributed by atoms with Crippen LogP contribution in [0.3, 0.4) is 0 Å². The molecule has 0 bridgehead atoms. The van der Waals surface area contributed by atoms with E-state index in [2.05, 4.69) is 17.0 Å². The highest BCUT2D eigenvalue weighted by Crippen LogP contribution is 2.05. The lowest BCUT2D eigenvalue weighted by Gasteiger charge is -2.16. The summed E-state index contributed by atoms with van der Waals surface area (Å²) in [7, 11) is 9.97. The van der Waals surface area contributed by atoms with Gasteiger partial charge in [0.05, 0.1) is 0 Å². The summed E-state index contributed by atoms with van der Waals surface area (Å²) in [5, 5.41) is 0. The maximum Gasteiger partial charge on any atom is 0.541 e. The van der Waals surface area contributed by atoms with Gasteiger partial charge in [0.25, 0.3) is 0 Å².